The zero-order valence-corrected chi connectivity index (χ0v) is 24.0. The molecule has 14 heteroatoms. The molecule has 0 fully saturated rings. The minimum Gasteiger partial charge on any atom is -0.465 e. The average Bonchev–Trinajstić information content (AvgIpc) is 2.95. The highest BCUT2D eigenvalue weighted by molar-refractivity contribution is 7.89. The second-order valence-corrected chi connectivity index (χ2v) is 11.5. The van der Waals surface area contributed by atoms with E-state index in [1.165, 1.54) is 19.5 Å². The van der Waals surface area contributed by atoms with E-state index >= 15 is 0 Å². The average molecular weight is 590 g/mol. The van der Waals surface area contributed by atoms with Gasteiger partial charge in [-0.25, -0.2) is 22.6 Å². The van der Waals surface area contributed by atoms with Crippen LogP contribution in [0.3, 0.4) is 0 Å². The Bertz CT molecular complexity index is 2010. The molecule has 13 nitrogen and oxygen atoms in total. The first kappa shape index (κ1) is 29.7. The van der Waals surface area contributed by atoms with Crippen LogP contribution in [0.25, 0.3) is 33.4 Å². The van der Waals surface area contributed by atoms with Crippen molar-refractivity contribution >= 4 is 32.4 Å². The molecule has 2 aromatic carbocycles. The van der Waals surface area contributed by atoms with Gasteiger partial charge in [-0.15, -0.1) is 0 Å². The van der Waals surface area contributed by atoms with Crippen LogP contribution in [0.4, 0.5) is 5.69 Å². The van der Waals surface area contributed by atoms with E-state index in [-0.39, 0.29) is 5.39 Å². The lowest BCUT2D eigenvalue weighted by molar-refractivity contribution is 0.0602. The molecule has 0 saturated carbocycles. The molecule has 0 atom stereocenters. The van der Waals surface area contributed by atoms with Crippen molar-refractivity contribution < 1.29 is 17.9 Å². The molecule has 5 rings (SSSR count). The van der Waals surface area contributed by atoms with Gasteiger partial charge in [0.15, 0.2) is 9.84 Å². The Hall–Kier alpha value is -5.24. The number of methoxy groups -OCH3 is 1. The maximum absolute atomic E-state index is 12.6. The summed E-state index contributed by atoms with van der Waals surface area (Å²) in [6, 6.07) is 6.66. The van der Waals surface area contributed by atoms with Crippen LogP contribution in [-0.2, 0) is 20.5 Å². The summed E-state index contributed by atoms with van der Waals surface area (Å²) in [7, 11) is -2.22. The molecule has 0 spiro atoms. The molecular formula is C28H27N7O6S. The van der Waals surface area contributed by atoms with Crippen LogP contribution in [0, 0.1) is 13.8 Å². The number of aromatic nitrogens is 6. The molecule has 0 aliphatic rings. The Kier molecular flexibility index (Phi) is 8.57. The van der Waals surface area contributed by atoms with Gasteiger partial charge in [-0.05, 0) is 49.2 Å². The van der Waals surface area contributed by atoms with E-state index in [1.807, 2.05) is 13.8 Å². The van der Waals surface area contributed by atoms with Gasteiger partial charge in [0.1, 0.15) is 5.88 Å². The molecule has 3 aromatic heterocycles. The van der Waals surface area contributed by atoms with Crippen LogP contribution >= 0.6 is 0 Å². The van der Waals surface area contributed by atoms with Crippen molar-refractivity contribution in [2.24, 2.45) is 0 Å². The summed E-state index contributed by atoms with van der Waals surface area (Å²) in [4.78, 5) is 55.1. The zero-order chi connectivity index (χ0) is 30.6. The fraction of sp³-hybridized carbons (Fsp3) is 0.179. The second kappa shape index (κ2) is 12.1. The van der Waals surface area contributed by atoms with Gasteiger partial charge in [0, 0.05) is 47.9 Å². The molecule has 0 aliphatic heterocycles. The van der Waals surface area contributed by atoms with Gasteiger partial charge < -0.3 is 15.5 Å². The lowest BCUT2D eigenvalue weighted by Crippen LogP contribution is -2.37. The molecule has 3 N–H and O–H groups in total. The highest BCUT2D eigenvalue weighted by Gasteiger charge is 2.16. The molecule has 0 amide bonds. The molecular weight excluding hydrogens is 562 g/mol. The number of hydrogen-bond donors (Lipinski definition) is 2. The number of nitrogen functional groups attached to an aromatic ring is 1. The van der Waals surface area contributed by atoms with E-state index in [1.54, 1.807) is 49.1 Å². The van der Waals surface area contributed by atoms with Crippen molar-refractivity contribution in [2.75, 3.05) is 19.1 Å². The number of benzene rings is 2. The smallest absolute Gasteiger partial charge is 0.339 e. The van der Waals surface area contributed by atoms with Gasteiger partial charge >= 0.3 is 11.7 Å². The fourth-order valence-corrected chi connectivity index (χ4v) is 4.91. The molecule has 5 aromatic rings. The number of H-pyrrole nitrogens is 1. The molecule has 3 heterocycles. The summed E-state index contributed by atoms with van der Waals surface area (Å²) < 4.78 is 28.3. The Morgan fingerprint density at radius 2 is 1.50 bits per heavy atom. The quantitative estimate of drug-likeness (QED) is 0.226. The Morgan fingerprint density at radius 1 is 0.929 bits per heavy atom. The monoisotopic (exact) mass is 589 g/mol. The number of anilines is 1. The summed E-state index contributed by atoms with van der Waals surface area (Å²) in [6.07, 6.45) is 10.4. The number of nitrogens with zero attached hydrogens (tertiary/aromatic N) is 5. The minimum absolute atomic E-state index is 0.213. The lowest BCUT2D eigenvalue weighted by Gasteiger charge is -2.10. The third-order valence-corrected chi connectivity index (χ3v) is 6.90. The number of carbonyl (C=O) groups excluding carboxylic acids is 1. The maximum atomic E-state index is 12.6. The van der Waals surface area contributed by atoms with Gasteiger partial charge in [0.2, 0.25) is 0 Å². The Balaban J connectivity index is 0.000000201. The van der Waals surface area contributed by atoms with E-state index < -0.39 is 32.9 Å². The van der Waals surface area contributed by atoms with Crippen LogP contribution < -0.4 is 17.0 Å². The van der Waals surface area contributed by atoms with Gasteiger partial charge in [0.05, 0.1) is 47.4 Å². The number of ether oxygens (including phenoxy) is 1. The highest BCUT2D eigenvalue weighted by Crippen LogP contribution is 2.27. The highest BCUT2D eigenvalue weighted by atomic mass is 32.2. The lowest BCUT2D eigenvalue weighted by atomic mass is 10.0. The van der Waals surface area contributed by atoms with Gasteiger partial charge in [-0.3, -0.25) is 24.7 Å². The number of carbonyl (C=O) groups is 1. The molecule has 0 unspecified atom stereocenters. The second-order valence-electron chi connectivity index (χ2n) is 9.36. The first-order chi connectivity index (χ1) is 19.9. The summed E-state index contributed by atoms with van der Waals surface area (Å²) in [5.74, 6) is -1.14. The van der Waals surface area contributed by atoms with Crippen LogP contribution in [0.5, 0.6) is 0 Å². The molecule has 0 radical (unpaired) electrons. The standard InChI is InChI=1S/C15H14N4O4S.C13H13N3O2/c1-9-5-12-11(6-10(9)13-7-16-3-4-17-13)14(20)19(15(21)18-12)8-24(2,22)23;1-8-5-11(14)10(13(17)18-2)6-9(8)12-7-15-3-4-16-12/h3-7H,8H2,1-2H3,(H,18,21);3-7H,14H2,1-2H3. The number of aryl methyl sites for hydroxylation is 2. The first-order valence-corrected chi connectivity index (χ1v) is 14.4. The van der Waals surface area contributed by atoms with Crippen molar-refractivity contribution in [3.8, 4) is 22.5 Å². The van der Waals surface area contributed by atoms with Crippen LogP contribution in [0.1, 0.15) is 21.5 Å². The third-order valence-electron chi connectivity index (χ3n) is 6.17. The normalized spacial score (nSPS) is 11.0. The Morgan fingerprint density at radius 3 is 2.02 bits per heavy atom. The molecule has 216 valence electrons. The number of sulfone groups is 1. The summed E-state index contributed by atoms with van der Waals surface area (Å²) in [5, 5.41) is 0.213. The SMILES string of the molecule is COC(=O)c1cc(-c2cnccn2)c(C)cc1N.Cc1cc2[nH]c(=O)n(CS(C)(=O)=O)c(=O)c2cc1-c1cnccn1. The molecule has 0 saturated heterocycles. The van der Waals surface area contributed by atoms with Crippen LogP contribution in [0.15, 0.2) is 71.0 Å². The van der Waals surface area contributed by atoms with E-state index in [0.717, 1.165) is 22.9 Å². The largest absolute Gasteiger partial charge is 0.465 e. The number of esters is 1. The Labute approximate surface area is 240 Å². The van der Waals surface area contributed by atoms with Crippen molar-refractivity contribution in [3.63, 3.8) is 0 Å². The number of rotatable bonds is 5. The number of aromatic amines is 1. The molecule has 0 aliphatic carbocycles. The van der Waals surface area contributed by atoms with Gasteiger partial charge in [0.25, 0.3) is 5.56 Å². The van der Waals surface area contributed by atoms with E-state index in [4.69, 9.17) is 10.5 Å². The van der Waals surface area contributed by atoms with E-state index in [9.17, 15) is 22.8 Å². The number of nitrogens with one attached hydrogen (secondary N) is 1. The van der Waals surface area contributed by atoms with Gasteiger partial charge in [-0.1, -0.05) is 0 Å². The van der Waals surface area contributed by atoms with Crippen molar-refractivity contribution in [1.82, 2.24) is 29.5 Å². The third kappa shape index (κ3) is 6.55. The number of hydrogen-bond acceptors (Lipinski definition) is 11. The topological polar surface area (TPSA) is 193 Å². The summed E-state index contributed by atoms with van der Waals surface area (Å²) in [5.41, 5.74) is 9.98. The van der Waals surface area contributed by atoms with Crippen molar-refractivity contribution in [1.29, 1.82) is 0 Å². The maximum Gasteiger partial charge on any atom is 0.339 e. The van der Waals surface area contributed by atoms with Crippen LogP contribution in [0.2, 0.25) is 0 Å². The van der Waals surface area contributed by atoms with Gasteiger partial charge in [-0.2, -0.15) is 0 Å². The van der Waals surface area contributed by atoms with Crippen molar-refractivity contribution in [2.45, 2.75) is 19.7 Å². The van der Waals surface area contributed by atoms with Crippen LogP contribution in [-0.4, -0.2) is 57.2 Å². The molecule has 42 heavy (non-hydrogen) atoms. The van der Waals surface area contributed by atoms with E-state index in [0.29, 0.717) is 38.3 Å². The van der Waals surface area contributed by atoms with E-state index in [2.05, 4.69) is 24.9 Å². The predicted octanol–water partition coefficient (Wildman–Crippen LogP) is 2.28. The number of nitrogens with two attached hydrogens (primary N) is 1. The number of fused-ring (bicyclic) bond motifs is 1. The summed E-state index contributed by atoms with van der Waals surface area (Å²) in [6.45, 7) is 3.73. The fourth-order valence-electron chi connectivity index (χ4n) is 4.21. The van der Waals surface area contributed by atoms with Crippen molar-refractivity contribution in [3.05, 3.63) is 99.0 Å². The summed E-state index contributed by atoms with van der Waals surface area (Å²) >= 11 is 0. The molecule has 0 bridgehead atoms. The zero-order valence-electron chi connectivity index (χ0n) is 23.2. The minimum atomic E-state index is -3.54. The first-order valence-electron chi connectivity index (χ1n) is 12.4. The predicted molar refractivity (Wildman–Crippen MR) is 157 cm³/mol.